The molecule has 2 N–H and O–H groups in total. The monoisotopic (exact) mass is 272 g/mol. The Hall–Kier alpha value is -1.76. The fourth-order valence-electron chi connectivity index (χ4n) is 1.48. The molecule has 0 aliphatic heterocycles. The van der Waals surface area contributed by atoms with Gasteiger partial charge in [-0.05, 0) is 18.6 Å². The highest BCUT2D eigenvalue weighted by atomic mass is 32.2. The molecule has 100 valence electrons. The fourth-order valence-corrected chi connectivity index (χ4v) is 2.35. The first-order valence-electron chi connectivity index (χ1n) is 5.39. The van der Waals surface area contributed by atoms with Crippen molar-refractivity contribution in [2.24, 2.45) is 0 Å². The van der Waals surface area contributed by atoms with Crippen molar-refractivity contribution in [3.05, 3.63) is 29.8 Å². The number of hydrogen-bond acceptors (Lipinski definition) is 3. The molecule has 0 saturated heterocycles. The summed E-state index contributed by atoms with van der Waals surface area (Å²) in [6.45, 7) is 1.62. The molecular formula is C11H16N2O4S. The Morgan fingerprint density at radius 1 is 1.39 bits per heavy atom. The van der Waals surface area contributed by atoms with Crippen LogP contribution in [-0.4, -0.2) is 32.4 Å². The number of nitrogens with zero attached hydrogens (tertiary/aromatic N) is 1. The third-order valence-electron chi connectivity index (χ3n) is 2.54. The summed E-state index contributed by atoms with van der Waals surface area (Å²) in [6.07, 6.45) is -1.15. The van der Waals surface area contributed by atoms with Crippen molar-refractivity contribution in [1.82, 2.24) is 5.32 Å². The largest absolute Gasteiger partial charge is 0.465 e. The average Bonchev–Trinajstić information content (AvgIpc) is 2.35. The van der Waals surface area contributed by atoms with Crippen molar-refractivity contribution in [3.8, 4) is 0 Å². The van der Waals surface area contributed by atoms with E-state index in [1.54, 1.807) is 31.2 Å². The molecule has 0 unspecified atom stereocenters. The number of rotatable bonds is 5. The second-order valence-electron chi connectivity index (χ2n) is 3.66. The van der Waals surface area contributed by atoms with Gasteiger partial charge in [0.2, 0.25) is 10.0 Å². The number of para-hydroxylation sites is 1. The van der Waals surface area contributed by atoms with E-state index in [0.29, 0.717) is 11.3 Å². The van der Waals surface area contributed by atoms with Gasteiger partial charge in [-0.2, -0.15) is 0 Å². The zero-order valence-corrected chi connectivity index (χ0v) is 11.1. The zero-order chi connectivity index (χ0) is 13.8. The van der Waals surface area contributed by atoms with Gasteiger partial charge < -0.3 is 10.4 Å². The van der Waals surface area contributed by atoms with Gasteiger partial charge in [0.1, 0.15) is 0 Å². The summed E-state index contributed by atoms with van der Waals surface area (Å²) in [7, 11) is -1.90. The van der Waals surface area contributed by atoms with Crippen LogP contribution in [0, 0.1) is 0 Å². The van der Waals surface area contributed by atoms with Crippen LogP contribution in [0.1, 0.15) is 12.5 Å². The molecule has 1 rings (SSSR count). The van der Waals surface area contributed by atoms with Crippen LogP contribution in [0.2, 0.25) is 0 Å². The maximum absolute atomic E-state index is 11.8. The summed E-state index contributed by atoms with van der Waals surface area (Å²) in [6, 6.07) is 6.77. The van der Waals surface area contributed by atoms with Gasteiger partial charge in [0.05, 0.1) is 11.4 Å². The number of hydrogen-bond donors (Lipinski definition) is 2. The van der Waals surface area contributed by atoms with Crippen LogP contribution in [0.3, 0.4) is 0 Å². The van der Waals surface area contributed by atoms with E-state index in [0.717, 1.165) is 0 Å². The SMILES string of the molecule is CCS(=O)(=O)N(C)c1ccccc1CNC(=O)O. The minimum absolute atomic E-state index is 0.00973. The summed E-state index contributed by atoms with van der Waals surface area (Å²) in [5, 5.41) is 10.8. The molecule has 0 heterocycles. The Labute approximate surface area is 106 Å². The third kappa shape index (κ3) is 3.36. The van der Waals surface area contributed by atoms with Gasteiger partial charge in [-0.1, -0.05) is 18.2 Å². The van der Waals surface area contributed by atoms with Crippen LogP contribution in [0.15, 0.2) is 24.3 Å². The molecule has 1 aromatic rings. The molecule has 0 aliphatic carbocycles. The Bertz CT molecular complexity index is 528. The minimum atomic E-state index is -3.35. The van der Waals surface area contributed by atoms with Crippen LogP contribution in [0.5, 0.6) is 0 Å². The van der Waals surface area contributed by atoms with E-state index in [9.17, 15) is 13.2 Å². The van der Waals surface area contributed by atoms with Crippen LogP contribution < -0.4 is 9.62 Å². The molecule has 0 saturated carbocycles. The fraction of sp³-hybridized carbons (Fsp3) is 0.364. The van der Waals surface area contributed by atoms with Crippen LogP contribution in [0.25, 0.3) is 0 Å². The first kappa shape index (κ1) is 14.3. The topological polar surface area (TPSA) is 86.7 Å². The lowest BCUT2D eigenvalue weighted by Gasteiger charge is -2.21. The quantitative estimate of drug-likeness (QED) is 0.844. The third-order valence-corrected chi connectivity index (χ3v) is 4.30. The summed E-state index contributed by atoms with van der Waals surface area (Å²) in [4.78, 5) is 10.5. The highest BCUT2D eigenvalue weighted by molar-refractivity contribution is 7.92. The minimum Gasteiger partial charge on any atom is -0.465 e. The summed E-state index contributed by atoms with van der Waals surface area (Å²) in [5.74, 6) is -0.00973. The standard InChI is InChI=1S/C11H16N2O4S/c1-3-18(16,17)13(2)10-7-5-4-6-9(10)8-12-11(14)15/h4-7,12H,3,8H2,1-2H3,(H,14,15). The molecule has 1 aromatic carbocycles. The van der Waals surface area contributed by atoms with Crippen LogP contribution >= 0.6 is 0 Å². The predicted molar refractivity (Wildman–Crippen MR) is 69.2 cm³/mol. The maximum Gasteiger partial charge on any atom is 0.404 e. The van der Waals surface area contributed by atoms with E-state index < -0.39 is 16.1 Å². The maximum atomic E-state index is 11.8. The number of sulfonamides is 1. The van der Waals surface area contributed by atoms with Gasteiger partial charge in [0, 0.05) is 13.6 Å². The predicted octanol–water partition coefficient (Wildman–Crippen LogP) is 1.24. The van der Waals surface area contributed by atoms with Crippen molar-refractivity contribution < 1.29 is 18.3 Å². The van der Waals surface area contributed by atoms with Crippen molar-refractivity contribution in [3.63, 3.8) is 0 Å². The molecule has 0 aromatic heterocycles. The van der Waals surface area contributed by atoms with E-state index >= 15 is 0 Å². The number of carboxylic acid groups (broad SMARTS) is 1. The number of benzene rings is 1. The molecule has 7 heteroatoms. The Morgan fingerprint density at radius 3 is 2.56 bits per heavy atom. The van der Waals surface area contributed by atoms with Crippen LogP contribution in [-0.2, 0) is 16.6 Å². The summed E-state index contributed by atoms with van der Waals surface area (Å²) < 4.78 is 24.7. The second kappa shape index (κ2) is 5.72. The van der Waals surface area contributed by atoms with Crippen molar-refractivity contribution in [1.29, 1.82) is 0 Å². The number of nitrogens with one attached hydrogen (secondary N) is 1. The molecule has 0 fully saturated rings. The van der Waals surface area contributed by atoms with Gasteiger partial charge in [-0.3, -0.25) is 4.31 Å². The molecule has 0 radical (unpaired) electrons. The molecule has 0 atom stereocenters. The Balaban J connectivity index is 3.05. The van der Waals surface area contributed by atoms with Gasteiger partial charge in [-0.25, -0.2) is 13.2 Å². The molecule has 0 aliphatic rings. The normalized spacial score (nSPS) is 11.0. The molecule has 0 bridgehead atoms. The highest BCUT2D eigenvalue weighted by Gasteiger charge is 2.18. The summed E-state index contributed by atoms with van der Waals surface area (Å²) in [5.41, 5.74) is 1.09. The Kier molecular flexibility index (Phi) is 4.55. The van der Waals surface area contributed by atoms with Gasteiger partial charge in [0.25, 0.3) is 0 Å². The Morgan fingerprint density at radius 2 is 2.00 bits per heavy atom. The average molecular weight is 272 g/mol. The van der Waals surface area contributed by atoms with E-state index in [2.05, 4.69) is 5.32 Å². The van der Waals surface area contributed by atoms with Gasteiger partial charge in [0.15, 0.2) is 0 Å². The van der Waals surface area contributed by atoms with Crippen molar-refractivity contribution >= 4 is 21.8 Å². The number of anilines is 1. The van der Waals surface area contributed by atoms with E-state index in [-0.39, 0.29) is 12.3 Å². The summed E-state index contributed by atoms with van der Waals surface area (Å²) >= 11 is 0. The van der Waals surface area contributed by atoms with Crippen molar-refractivity contribution in [2.75, 3.05) is 17.1 Å². The van der Waals surface area contributed by atoms with Crippen LogP contribution in [0.4, 0.5) is 10.5 Å². The molecule has 6 nitrogen and oxygen atoms in total. The molecular weight excluding hydrogens is 256 g/mol. The first-order chi connectivity index (χ1) is 8.38. The second-order valence-corrected chi connectivity index (χ2v) is 5.94. The van der Waals surface area contributed by atoms with E-state index in [1.807, 2.05) is 0 Å². The highest BCUT2D eigenvalue weighted by Crippen LogP contribution is 2.21. The lowest BCUT2D eigenvalue weighted by Crippen LogP contribution is -2.30. The molecule has 0 spiro atoms. The molecule has 1 amide bonds. The smallest absolute Gasteiger partial charge is 0.404 e. The molecule has 18 heavy (non-hydrogen) atoms. The van der Waals surface area contributed by atoms with E-state index in [4.69, 9.17) is 5.11 Å². The van der Waals surface area contributed by atoms with E-state index in [1.165, 1.54) is 11.4 Å². The first-order valence-corrected chi connectivity index (χ1v) is 7.00. The van der Waals surface area contributed by atoms with Crippen molar-refractivity contribution in [2.45, 2.75) is 13.5 Å². The number of amides is 1. The zero-order valence-electron chi connectivity index (χ0n) is 10.3. The number of carbonyl (C=O) groups is 1. The van der Waals surface area contributed by atoms with Gasteiger partial charge >= 0.3 is 6.09 Å². The van der Waals surface area contributed by atoms with Gasteiger partial charge in [-0.15, -0.1) is 0 Å². The lowest BCUT2D eigenvalue weighted by atomic mass is 10.2. The lowest BCUT2D eigenvalue weighted by molar-refractivity contribution is 0.194.